The Labute approximate surface area is 511 Å². The monoisotopic (exact) mass is 1140 g/mol. The molecule has 81 heavy (non-hydrogen) atoms. The third-order valence-corrected chi connectivity index (χ3v) is 20.7. The van der Waals surface area contributed by atoms with Gasteiger partial charge in [0.1, 0.15) is 0 Å². The lowest BCUT2D eigenvalue weighted by atomic mass is 9.91. The number of rotatable bonds is 71. The number of aliphatic hydroxyl groups is 1. The molecule has 0 aromatic carbocycles. The summed E-state index contributed by atoms with van der Waals surface area (Å²) in [5, 5.41) is 22.6. The molecule has 2 saturated carbocycles. The van der Waals surface area contributed by atoms with Gasteiger partial charge in [0.2, 0.25) is 0 Å². The van der Waals surface area contributed by atoms with Gasteiger partial charge in [-0.05, 0) is 49.4 Å². The van der Waals surface area contributed by atoms with E-state index < -0.39 is 18.0 Å². The van der Waals surface area contributed by atoms with Gasteiger partial charge in [0.15, 0.2) is 0 Å². The van der Waals surface area contributed by atoms with Crippen LogP contribution in [-0.4, -0.2) is 17.2 Å². The first kappa shape index (κ1) is 76.5. The van der Waals surface area contributed by atoms with E-state index in [4.69, 9.17) is 0 Å². The van der Waals surface area contributed by atoms with Crippen molar-refractivity contribution in [3.05, 3.63) is 0 Å². The van der Waals surface area contributed by atoms with Crippen molar-refractivity contribution in [1.82, 2.24) is 0 Å². The number of carboxylic acid groups (broad SMARTS) is 1. The van der Waals surface area contributed by atoms with Gasteiger partial charge in [-0.2, -0.15) is 0 Å². The number of hydrogen-bond donors (Lipinski definition) is 1. The molecule has 482 valence electrons. The number of carbonyl (C=O) groups excluding carboxylic acids is 1. The molecule has 2 aliphatic carbocycles. The fraction of sp³-hybridized carbons (Fsp3) is 0.987. The molecule has 0 spiro atoms. The summed E-state index contributed by atoms with van der Waals surface area (Å²) in [7, 11) is 0. The molecule has 2 rings (SSSR count). The van der Waals surface area contributed by atoms with Crippen molar-refractivity contribution in [3.63, 3.8) is 0 Å². The molecule has 6 atom stereocenters. The second kappa shape index (κ2) is 61.1. The summed E-state index contributed by atoms with van der Waals surface area (Å²) in [5.41, 5.74) is 0. The summed E-state index contributed by atoms with van der Waals surface area (Å²) in [4.78, 5) is 11.9. The number of aliphatic carboxylic acids is 1. The maximum atomic E-state index is 11.9. The Morgan fingerprint density at radius 3 is 0.617 bits per heavy atom. The average molecular weight is 1140 g/mol. The molecule has 0 radical (unpaired) electrons. The van der Waals surface area contributed by atoms with E-state index in [2.05, 4.69) is 13.8 Å². The molecular formula is C78H151O3-. The fourth-order valence-corrected chi connectivity index (χ4v) is 14.6. The smallest absolute Gasteiger partial charge is 0.0620 e. The molecule has 1 N–H and O–H groups in total. The zero-order chi connectivity index (χ0) is 57.8. The van der Waals surface area contributed by atoms with E-state index in [-0.39, 0.29) is 0 Å². The molecule has 4 unspecified atom stereocenters. The lowest BCUT2D eigenvalue weighted by Crippen LogP contribution is -2.38. The summed E-state index contributed by atoms with van der Waals surface area (Å²) < 4.78 is 0. The predicted octanol–water partition coefficient (Wildman–Crippen LogP) is 26.2. The Morgan fingerprint density at radius 1 is 0.272 bits per heavy atom. The van der Waals surface area contributed by atoms with Crippen LogP contribution >= 0.6 is 0 Å². The van der Waals surface area contributed by atoms with Crippen molar-refractivity contribution in [3.8, 4) is 0 Å². The number of hydrogen-bond acceptors (Lipinski definition) is 3. The SMILES string of the molecule is CCCCCCCCCCCCCCCCCCCCCCCC[C@@H](C(=O)[O-])[C@H](O)CCCCCCCCCCCC1CC1CCCCCCCCCCCCCCC1CC1CCCCCCCCCCCCCCCCCCCC. The van der Waals surface area contributed by atoms with Crippen LogP contribution in [0.4, 0.5) is 0 Å². The second-order valence-corrected chi connectivity index (χ2v) is 28.6. The Morgan fingerprint density at radius 2 is 0.432 bits per heavy atom. The van der Waals surface area contributed by atoms with Crippen molar-refractivity contribution >= 4 is 5.97 Å². The molecule has 3 nitrogen and oxygen atoms in total. The molecule has 2 fully saturated rings. The maximum Gasteiger partial charge on any atom is 0.0620 e. The van der Waals surface area contributed by atoms with Gasteiger partial charge < -0.3 is 15.0 Å². The van der Waals surface area contributed by atoms with Gasteiger partial charge in [-0.3, -0.25) is 0 Å². The molecule has 3 heteroatoms. The minimum absolute atomic E-state index is 0.574. The van der Waals surface area contributed by atoms with E-state index in [0.29, 0.717) is 12.8 Å². The number of carboxylic acids is 1. The fourth-order valence-electron chi connectivity index (χ4n) is 14.6. The van der Waals surface area contributed by atoms with Gasteiger partial charge in [0.05, 0.1) is 6.10 Å². The van der Waals surface area contributed by atoms with E-state index in [0.717, 1.165) is 49.4 Å². The normalized spacial score (nSPS) is 17.6. The highest BCUT2D eigenvalue weighted by molar-refractivity contribution is 5.68. The van der Waals surface area contributed by atoms with Gasteiger partial charge in [-0.1, -0.05) is 431 Å². The quantitative estimate of drug-likeness (QED) is 0.0618. The first-order valence-corrected chi connectivity index (χ1v) is 39.0. The van der Waals surface area contributed by atoms with Crippen molar-refractivity contribution in [2.75, 3.05) is 0 Å². The first-order valence-electron chi connectivity index (χ1n) is 39.0. The summed E-state index contributed by atoms with van der Waals surface area (Å²) in [6.45, 7) is 4.61. The average Bonchev–Trinajstić information content (AvgIpc) is 4.43. The second-order valence-electron chi connectivity index (χ2n) is 28.6. The lowest BCUT2D eigenvalue weighted by Gasteiger charge is -2.24. The van der Waals surface area contributed by atoms with Gasteiger partial charge in [0, 0.05) is 11.9 Å². The van der Waals surface area contributed by atoms with Crippen LogP contribution in [0.15, 0.2) is 0 Å². The van der Waals surface area contributed by atoms with Crippen LogP contribution in [0.3, 0.4) is 0 Å². The molecule has 0 heterocycles. The predicted molar refractivity (Wildman–Crippen MR) is 358 cm³/mol. The summed E-state index contributed by atoms with van der Waals surface area (Å²) >= 11 is 0. The molecule has 0 bridgehead atoms. The van der Waals surface area contributed by atoms with E-state index in [1.165, 1.54) is 385 Å². The van der Waals surface area contributed by atoms with Crippen LogP contribution in [0.2, 0.25) is 0 Å². The van der Waals surface area contributed by atoms with Gasteiger partial charge >= 0.3 is 0 Å². The van der Waals surface area contributed by atoms with Crippen molar-refractivity contribution < 1.29 is 15.0 Å². The van der Waals surface area contributed by atoms with Crippen LogP contribution in [-0.2, 0) is 4.79 Å². The summed E-state index contributed by atoms with van der Waals surface area (Å²) in [6, 6.07) is 0. The van der Waals surface area contributed by atoms with Crippen LogP contribution in [0, 0.1) is 29.6 Å². The molecular weight excluding hydrogens is 985 g/mol. The Bertz CT molecular complexity index is 1230. The van der Waals surface area contributed by atoms with E-state index in [9.17, 15) is 15.0 Å². The highest BCUT2D eigenvalue weighted by Crippen LogP contribution is 2.47. The molecule has 0 aromatic rings. The zero-order valence-electron chi connectivity index (χ0n) is 56.0. The molecule has 0 amide bonds. The highest BCUT2D eigenvalue weighted by atomic mass is 16.4. The van der Waals surface area contributed by atoms with Gasteiger partial charge in [0.25, 0.3) is 0 Å². The number of unbranched alkanes of at least 4 members (excludes halogenated alkanes) is 57. The minimum Gasteiger partial charge on any atom is -0.550 e. The van der Waals surface area contributed by atoms with Crippen molar-refractivity contribution in [1.29, 1.82) is 0 Å². The van der Waals surface area contributed by atoms with Crippen LogP contribution in [0.5, 0.6) is 0 Å². The van der Waals surface area contributed by atoms with Crippen LogP contribution in [0.25, 0.3) is 0 Å². The van der Waals surface area contributed by atoms with Crippen LogP contribution in [0.1, 0.15) is 457 Å². The topological polar surface area (TPSA) is 60.4 Å². The van der Waals surface area contributed by atoms with E-state index in [1.807, 2.05) is 0 Å². The number of aliphatic hydroxyl groups excluding tert-OH is 1. The third kappa shape index (κ3) is 53.4. The van der Waals surface area contributed by atoms with E-state index in [1.54, 1.807) is 19.3 Å². The molecule has 0 aliphatic heterocycles. The molecule has 0 aromatic heterocycles. The first-order chi connectivity index (χ1) is 40.1. The standard InChI is InChI=1S/C78H152O3/c1-3-5-7-9-11-13-15-17-19-21-23-24-25-26-28-30-32-38-44-50-56-62-68-76(78(80)81)77(79)69-63-57-51-45-39-43-49-55-61-67-75-71-74(75)66-60-54-48-42-37-34-33-36-41-47-53-59-65-73-70-72(73)64-58-52-46-40-35-31-29-27-22-20-18-16-14-12-10-8-6-4-2/h72-77,79H,3-71H2,1-2H3,(H,80,81)/p-1/t72?,73?,74?,75?,76-,77-/m1/s1. The van der Waals surface area contributed by atoms with Gasteiger partial charge in [-0.15, -0.1) is 0 Å². The summed E-state index contributed by atoms with van der Waals surface area (Å²) in [6.07, 6.45) is 95.5. The third-order valence-electron chi connectivity index (χ3n) is 20.7. The largest absolute Gasteiger partial charge is 0.550 e. The maximum absolute atomic E-state index is 11.9. The zero-order valence-corrected chi connectivity index (χ0v) is 56.0. The molecule has 0 saturated heterocycles. The lowest BCUT2D eigenvalue weighted by molar-refractivity contribution is -0.314. The minimum atomic E-state index is -1.05. The Kier molecular flexibility index (Phi) is 57.7. The Balaban J connectivity index is 1.20. The highest BCUT2D eigenvalue weighted by Gasteiger charge is 2.36. The van der Waals surface area contributed by atoms with Crippen molar-refractivity contribution in [2.24, 2.45) is 29.6 Å². The van der Waals surface area contributed by atoms with Crippen LogP contribution < -0.4 is 5.11 Å². The van der Waals surface area contributed by atoms with E-state index >= 15 is 0 Å². The molecule has 2 aliphatic rings. The summed E-state index contributed by atoms with van der Waals surface area (Å²) in [5.74, 6) is 2.62. The van der Waals surface area contributed by atoms with Crippen molar-refractivity contribution in [2.45, 2.75) is 463 Å². The number of carbonyl (C=O) groups is 1. The van der Waals surface area contributed by atoms with Gasteiger partial charge in [-0.25, -0.2) is 0 Å². The Hall–Kier alpha value is -0.570.